The Balaban J connectivity index is 2.28. The van der Waals surface area contributed by atoms with Gasteiger partial charge >= 0.3 is 0 Å². The van der Waals surface area contributed by atoms with Crippen LogP contribution in [0, 0.1) is 0 Å². The molecule has 3 N–H and O–H groups in total. The Morgan fingerprint density at radius 3 is 2.72 bits per heavy atom. The number of hydrogen-bond acceptors (Lipinski definition) is 7. The number of amidine groups is 1. The summed E-state index contributed by atoms with van der Waals surface area (Å²) in [5.41, 5.74) is 2.98. The highest BCUT2D eigenvalue weighted by molar-refractivity contribution is 5.86. The van der Waals surface area contributed by atoms with Crippen LogP contribution in [0.15, 0.2) is 29.2 Å². The van der Waals surface area contributed by atoms with Gasteiger partial charge in [-0.05, 0) is 12.1 Å². The Morgan fingerprint density at radius 2 is 2.17 bits per heavy atom. The van der Waals surface area contributed by atoms with Crippen LogP contribution in [0.25, 0.3) is 0 Å². The predicted octanol–water partition coefficient (Wildman–Crippen LogP) is -0.0401. The molecule has 1 aliphatic heterocycles. The number of ether oxygens (including phenoxy) is 2. The summed E-state index contributed by atoms with van der Waals surface area (Å²) in [6.07, 6.45) is 2.41. The average Bonchev–Trinajstić information content (AvgIpc) is 2.46. The second-order valence-corrected chi connectivity index (χ2v) is 3.41. The maximum atomic E-state index is 5.25. The minimum absolute atomic E-state index is 0.437. The van der Waals surface area contributed by atoms with E-state index in [0.717, 1.165) is 0 Å². The van der Waals surface area contributed by atoms with Crippen LogP contribution in [-0.4, -0.2) is 30.3 Å². The standard InChI is InChI=1S/C10H14N6O2/c1-17-9-5-4-8(13-14-9)16-10(18-2)6-3-7(12-11)15-16/h4-6H,3,11H2,1-2H3,(H,12,15). The van der Waals surface area contributed by atoms with Crippen molar-refractivity contribution in [2.24, 2.45) is 10.9 Å². The summed E-state index contributed by atoms with van der Waals surface area (Å²) in [5.74, 6) is 7.44. The molecule has 0 amide bonds. The van der Waals surface area contributed by atoms with E-state index in [4.69, 9.17) is 15.3 Å². The van der Waals surface area contributed by atoms with Gasteiger partial charge in [0.15, 0.2) is 5.82 Å². The van der Waals surface area contributed by atoms with Crippen molar-refractivity contribution in [3.8, 4) is 5.88 Å². The van der Waals surface area contributed by atoms with Crippen LogP contribution in [0.5, 0.6) is 5.88 Å². The third-order valence-electron chi connectivity index (χ3n) is 2.36. The Bertz CT molecular complexity index is 470. The second kappa shape index (κ2) is 5.21. The number of aromatic nitrogens is 2. The molecule has 2 heterocycles. The molecular formula is C10H14N6O2. The lowest BCUT2D eigenvalue weighted by Crippen LogP contribution is -2.46. The van der Waals surface area contributed by atoms with Crippen LogP contribution in [0.4, 0.5) is 5.82 Å². The molecule has 0 radical (unpaired) electrons. The first kappa shape index (κ1) is 12.0. The minimum Gasteiger partial charge on any atom is -0.481 e. The lowest BCUT2D eigenvalue weighted by atomic mass is 10.3. The van der Waals surface area contributed by atoms with E-state index in [1.54, 1.807) is 24.3 Å². The molecule has 96 valence electrons. The molecule has 1 aromatic heterocycles. The molecule has 8 heteroatoms. The van der Waals surface area contributed by atoms with Gasteiger partial charge in [0.25, 0.3) is 0 Å². The highest BCUT2D eigenvalue weighted by atomic mass is 16.5. The van der Waals surface area contributed by atoms with Crippen LogP contribution >= 0.6 is 0 Å². The fourth-order valence-electron chi connectivity index (χ4n) is 1.47. The molecule has 0 unspecified atom stereocenters. The molecule has 0 saturated heterocycles. The van der Waals surface area contributed by atoms with Crippen molar-refractivity contribution in [1.82, 2.24) is 15.6 Å². The molecule has 0 fully saturated rings. The molecule has 0 aromatic carbocycles. The van der Waals surface area contributed by atoms with Gasteiger partial charge in [0.2, 0.25) is 11.8 Å². The van der Waals surface area contributed by atoms with E-state index in [2.05, 4.69) is 20.7 Å². The molecule has 2 rings (SSSR count). The Kier molecular flexibility index (Phi) is 3.46. The highest BCUT2D eigenvalue weighted by Gasteiger charge is 2.20. The molecule has 18 heavy (non-hydrogen) atoms. The zero-order valence-corrected chi connectivity index (χ0v) is 10.1. The molecule has 0 atom stereocenters. The zero-order chi connectivity index (χ0) is 13.0. The Morgan fingerprint density at radius 1 is 1.33 bits per heavy atom. The highest BCUT2D eigenvalue weighted by Crippen LogP contribution is 2.19. The normalized spacial score (nSPS) is 17.1. The van der Waals surface area contributed by atoms with Crippen LogP contribution in [0.1, 0.15) is 6.42 Å². The summed E-state index contributed by atoms with van der Waals surface area (Å²) in [4.78, 5) is 0. The molecule has 8 nitrogen and oxygen atoms in total. The number of anilines is 1. The van der Waals surface area contributed by atoms with Crippen molar-refractivity contribution in [3.05, 3.63) is 24.1 Å². The summed E-state index contributed by atoms with van der Waals surface area (Å²) < 4.78 is 10.2. The summed E-state index contributed by atoms with van der Waals surface area (Å²) >= 11 is 0. The first-order chi connectivity index (χ1) is 8.78. The van der Waals surface area contributed by atoms with E-state index in [9.17, 15) is 0 Å². The van der Waals surface area contributed by atoms with Gasteiger partial charge in [0, 0.05) is 12.5 Å². The van der Waals surface area contributed by atoms with Crippen molar-refractivity contribution in [2.45, 2.75) is 6.42 Å². The van der Waals surface area contributed by atoms with Crippen molar-refractivity contribution < 1.29 is 9.47 Å². The van der Waals surface area contributed by atoms with Gasteiger partial charge in [-0.25, -0.2) is 5.01 Å². The predicted molar refractivity (Wildman–Crippen MR) is 65.5 cm³/mol. The van der Waals surface area contributed by atoms with Crippen LogP contribution < -0.4 is 21.0 Å². The molecule has 1 aromatic rings. The molecule has 0 bridgehead atoms. The van der Waals surface area contributed by atoms with E-state index in [1.165, 1.54) is 7.11 Å². The van der Waals surface area contributed by atoms with Gasteiger partial charge in [-0.2, -0.15) is 5.10 Å². The fraction of sp³-hybridized carbons (Fsp3) is 0.300. The summed E-state index contributed by atoms with van der Waals surface area (Å²) in [7, 11) is 3.10. The zero-order valence-electron chi connectivity index (χ0n) is 10.1. The van der Waals surface area contributed by atoms with Gasteiger partial charge in [0.05, 0.1) is 14.2 Å². The number of hydrazine groups is 1. The van der Waals surface area contributed by atoms with E-state index in [1.807, 2.05) is 6.08 Å². The number of methoxy groups -OCH3 is 2. The third-order valence-corrected chi connectivity index (χ3v) is 2.36. The van der Waals surface area contributed by atoms with Gasteiger partial charge in [-0.15, -0.1) is 10.2 Å². The lowest BCUT2D eigenvalue weighted by Gasteiger charge is -2.29. The second-order valence-electron chi connectivity index (χ2n) is 3.41. The Hall–Kier alpha value is -2.51. The molecule has 1 aliphatic rings. The lowest BCUT2D eigenvalue weighted by molar-refractivity contribution is 0.270. The fourth-order valence-corrected chi connectivity index (χ4v) is 1.47. The van der Waals surface area contributed by atoms with E-state index in [0.29, 0.717) is 29.8 Å². The number of nitrogens with two attached hydrogens (primary N) is 1. The smallest absolute Gasteiger partial charge is 0.233 e. The maximum Gasteiger partial charge on any atom is 0.233 e. The van der Waals surface area contributed by atoms with Crippen molar-refractivity contribution in [3.63, 3.8) is 0 Å². The minimum atomic E-state index is 0.437. The van der Waals surface area contributed by atoms with E-state index < -0.39 is 0 Å². The largest absolute Gasteiger partial charge is 0.481 e. The molecule has 0 spiro atoms. The first-order valence-electron chi connectivity index (χ1n) is 5.24. The molecular weight excluding hydrogens is 236 g/mol. The van der Waals surface area contributed by atoms with Crippen molar-refractivity contribution in [2.75, 3.05) is 19.2 Å². The van der Waals surface area contributed by atoms with Gasteiger partial charge < -0.3 is 15.3 Å². The van der Waals surface area contributed by atoms with Crippen LogP contribution in [0.3, 0.4) is 0 Å². The number of nitrogens with one attached hydrogen (secondary N) is 1. The summed E-state index contributed by atoms with van der Waals surface area (Å²) in [6.45, 7) is 0. The summed E-state index contributed by atoms with van der Waals surface area (Å²) in [5, 5.41) is 13.1. The SMILES string of the molecule is COC1=CCC(=NN)NN1c1ccc(OC)nn1. The van der Waals surface area contributed by atoms with Gasteiger partial charge in [0.1, 0.15) is 5.84 Å². The maximum absolute atomic E-state index is 5.25. The van der Waals surface area contributed by atoms with Gasteiger partial charge in [-0.1, -0.05) is 0 Å². The van der Waals surface area contributed by atoms with Crippen molar-refractivity contribution >= 4 is 11.7 Å². The van der Waals surface area contributed by atoms with Crippen LogP contribution in [-0.2, 0) is 4.74 Å². The molecule has 0 aliphatic carbocycles. The molecule has 0 saturated carbocycles. The quantitative estimate of drug-likeness (QED) is 0.573. The van der Waals surface area contributed by atoms with Crippen molar-refractivity contribution in [1.29, 1.82) is 0 Å². The first-order valence-corrected chi connectivity index (χ1v) is 5.24. The average molecular weight is 250 g/mol. The van der Waals surface area contributed by atoms with E-state index in [-0.39, 0.29) is 0 Å². The number of rotatable bonds is 3. The third kappa shape index (κ3) is 2.26. The topological polar surface area (TPSA) is 97.9 Å². The number of hydrogen-bond donors (Lipinski definition) is 2. The summed E-state index contributed by atoms with van der Waals surface area (Å²) in [6, 6.07) is 3.44. The monoisotopic (exact) mass is 250 g/mol. The number of hydrazone groups is 1. The van der Waals surface area contributed by atoms with E-state index >= 15 is 0 Å². The Labute approximate surface area is 104 Å². The number of nitrogens with zero attached hydrogens (tertiary/aromatic N) is 4. The van der Waals surface area contributed by atoms with Crippen LogP contribution in [0.2, 0.25) is 0 Å². The van der Waals surface area contributed by atoms with Gasteiger partial charge in [-0.3, -0.25) is 5.43 Å².